The van der Waals surface area contributed by atoms with Crippen molar-refractivity contribution < 1.29 is 14.6 Å². The number of hydrogen-bond donors (Lipinski definition) is 2. The predicted molar refractivity (Wildman–Crippen MR) is 45.9 cm³/mol. The van der Waals surface area contributed by atoms with E-state index in [1.807, 2.05) is 0 Å². The molecule has 13 heavy (non-hydrogen) atoms. The standard InChI is InChI=1S/C8H9ClFNO2/c9-4-6(12)8(13)7-5(10)2-1-3-11-7/h1-3,6,8,12-13H,4H2. The maximum Gasteiger partial charge on any atom is 0.147 e. The predicted octanol–water partition coefficient (Wildman–Crippen LogP) is 0.854. The van der Waals surface area contributed by atoms with Gasteiger partial charge in [0.1, 0.15) is 17.6 Å². The molecule has 0 spiro atoms. The normalized spacial score (nSPS) is 15.4. The van der Waals surface area contributed by atoms with E-state index in [0.29, 0.717) is 0 Å². The summed E-state index contributed by atoms with van der Waals surface area (Å²) in [5, 5.41) is 18.4. The summed E-state index contributed by atoms with van der Waals surface area (Å²) in [6.45, 7) is 0. The van der Waals surface area contributed by atoms with Crippen LogP contribution in [-0.4, -0.2) is 27.2 Å². The Bertz CT molecular complexity index is 285. The number of pyridine rings is 1. The molecule has 2 unspecified atom stereocenters. The summed E-state index contributed by atoms with van der Waals surface area (Å²) in [5.74, 6) is -0.823. The van der Waals surface area contributed by atoms with Gasteiger partial charge in [-0.1, -0.05) is 0 Å². The fourth-order valence-electron chi connectivity index (χ4n) is 0.882. The third kappa shape index (κ3) is 2.37. The summed E-state index contributed by atoms with van der Waals surface area (Å²) < 4.78 is 13.0. The van der Waals surface area contributed by atoms with Crippen LogP contribution in [0.5, 0.6) is 0 Å². The van der Waals surface area contributed by atoms with Crippen LogP contribution in [-0.2, 0) is 0 Å². The van der Waals surface area contributed by atoms with E-state index in [0.717, 1.165) is 6.07 Å². The van der Waals surface area contributed by atoms with Gasteiger partial charge in [-0.05, 0) is 12.1 Å². The Morgan fingerprint density at radius 2 is 2.23 bits per heavy atom. The minimum absolute atomic E-state index is 0.169. The van der Waals surface area contributed by atoms with Gasteiger partial charge in [0.05, 0.1) is 12.0 Å². The molecule has 1 aromatic heterocycles. The fraction of sp³-hybridized carbons (Fsp3) is 0.375. The van der Waals surface area contributed by atoms with Gasteiger partial charge in [-0.15, -0.1) is 11.6 Å². The van der Waals surface area contributed by atoms with Gasteiger partial charge in [-0.2, -0.15) is 0 Å². The molecule has 1 heterocycles. The summed E-state index contributed by atoms with van der Waals surface area (Å²) >= 11 is 5.29. The van der Waals surface area contributed by atoms with Gasteiger partial charge in [-0.3, -0.25) is 4.98 Å². The number of rotatable bonds is 3. The monoisotopic (exact) mass is 205 g/mol. The molecule has 5 heteroatoms. The van der Waals surface area contributed by atoms with Crippen molar-refractivity contribution in [3.8, 4) is 0 Å². The summed E-state index contributed by atoms with van der Waals surface area (Å²) in [6, 6.07) is 2.56. The zero-order valence-electron chi connectivity index (χ0n) is 6.69. The number of halogens is 2. The molecule has 0 bridgehead atoms. The van der Waals surface area contributed by atoms with Crippen molar-refractivity contribution in [2.45, 2.75) is 12.2 Å². The second-order valence-electron chi connectivity index (χ2n) is 2.54. The van der Waals surface area contributed by atoms with Crippen LogP contribution >= 0.6 is 11.6 Å². The maximum atomic E-state index is 13.0. The molecule has 1 aromatic rings. The number of nitrogens with zero attached hydrogens (tertiary/aromatic N) is 1. The summed E-state index contributed by atoms with van der Waals surface area (Å²) in [6.07, 6.45) is -1.24. The Labute approximate surface area is 79.8 Å². The van der Waals surface area contributed by atoms with Crippen LogP contribution in [0, 0.1) is 5.82 Å². The number of aromatic nitrogens is 1. The van der Waals surface area contributed by atoms with Crippen molar-refractivity contribution in [3.05, 3.63) is 29.8 Å². The lowest BCUT2D eigenvalue weighted by Gasteiger charge is -2.14. The molecule has 2 atom stereocenters. The average molecular weight is 206 g/mol. The molecule has 1 rings (SSSR count). The van der Waals surface area contributed by atoms with Crippen LogP contribution in [0.2, 0.25) is 0 Å². The number of aliphatic hydroxyl groups is 2. The van der Waals surface area contributed by atoms with Crippen LogP contribution in [0.15, 0.2) is 18.3 Å². The Hall–Kier alpha value is -0.710. The van der Waals surface area contributed by atoms with Gasteiger partial charge < -0.3 is 10.2 Å². The van der Waals surface area contributed by atoms with E-state index >= 15 is 0 Å². The van der Waals surface area contributed by atoms with Gasteiger partial charge >= 0.3 is 0 Å². The van der Waals surface area contributed by atoms with Crippen LogP contribution in [0.1, 0.15) is 11.8 Å². The molecule has 0 amide bonds. The van der Waals surface area contributed by atoms with Gasteiger partial charge in [0, 0.05) is 6.20 Å². The zero-order chi connectivity index (χ0) is 9.84. The summed E-state index contributed by atoms with van der Waals surface area (Å²) in [7, 11) is 0. The molecule has 0 aromatic carbocycles. The van der Waals surface area contributed by atoms with Gasteiger partial charge in [0.25, 0.3) is 0 Å². The minimum Gasteiger partial charge on any atom is -0.389 e. The van der Waals surface area contributed by atoms with E-state index in [2.05, 4.69) is 4.98 Å². The average Bonchev–Trinajstić information content (AvgIpc) is 2.16. The molecule has 0 saturated heterocycles. The van der Waals surface area contributed by atoms with E-state index in [-0.39, 0.29) is 11.6 Å². The van der Waals surface area contributed by atoms with Crippen molar-refractivity contribution in [1.29, 1.82) is 0 Å². The Morgan fingerprint density at radius 1 is 1.54 bits per heavy atom. The molecule has 2 N–H and O–H groups in total. The first-order valence-electron chi connectivity index (χ1n) is 3.69. The largest absolute Gasteiger partial charge is 0.389 e. The highest BCUT2D eigenvalue weighted by atomic mass is 35.5. The van der Waals surface area contributed by atoms with Crippen LogP contribution in [0.3, 0.4) is 0 Å². The van der Waals surface area contributed by atoms with E-state index in [4.69, 9.17) is 16.7 Å². The Morgan fingerprint density at radius 3 is 2.77 bits per heavy atom. The van der Waals surface area contributed by atoms with Crippen LogP contribution < -0.4 is 0 Å². The maximum absolute atomic E-state index is 13.0. The third-order valence-corrected chi connectivity index (χ3v) is 1.91. The third-order valence-electron chi connectivity index (χ3n) is 1.59. The highest BCUT2D eigenvalue weighted by molar-refractivity contribution is 6.18. The molecule has 0 saturated carbocycles. The number of hydrogen-bond acceptors (Lipinski definition) is 3. The lowest BCUT2D eigenvalue weighted by Crippen LogP contribution is -2.21. The quantitative estimate of drug-likeness (QED) is 0.720. The topological polar surface area (TPSA) is 53.4 Å². The van der Waals surface area contributed by atoms with E-state index < -0.39 is 18.0 Å². The number of aliphatic hydroxyl groups excluding tert-OH is 2. The fourth-order valence-corrected chi connectivity index (χ4v) is 1.05. The smallest absolute Gasteiger partial charge is 0.147 e. The van der Waals surface area contributed by atoms with Crippen molar-refractivity contribution in [2.24, 2.45) is 0 Å². The molecule has 0 aliphatic carbocycles. The van der Waals surface area contributed by atoms with Crippen molar-refractivity contribution in [1.82, 2.24) is 4.98 Å². The molecule has 3 nitrogen and oxygen atoms in total. The molecular weight excluding hydrogens is 197 g/mol. The highest BCUT2D eigenvalue weighted by Crippen LogP contribution is 2.17. The molecule has 0 aliphatic rings. The zero-order valence-corrected chi connectivity index (χ0v) is 7.45. The molecular formula is C8H9ClFNO2. The molecule has 0 radical (unpaired) electrons. The first-order valence-corrected chi connectivity index (χ1v) is 4.22. The molecule has 72 valence electrons. The number of alkyl halides is 1. The first kappa shape index (κ1) is 10.4. The Kier molecular flexibility index (Phi) is 3.59. The Balaban J connectivity index is 2.88. The van der Waals surface area contributed by atoms with Crippen molar-refractivity contribution >= 4 is 11.6 Å². The lowest BCUT2D eigenvalue weighted by atomic mass is 10.1. The summed E-state index contributed by atoms with van der Waals surface area (Å²) in [4.78, 5) is 3.60. The SMILES string of the molecule is OC(CCl)C(O)c1ncccc1F. The molecule has 0 aliphatic heterocycles. The second kappa shape index (κ2) is 4.50. The van der Waals surface area contributed by atoms with Gasteiger partial charge in [0.2, 0.25) is 0 Å². The molecule has 0 fully saturated rings. The minimum atomic E-state index is -1.38. The van der Waals surface area contributed by atoms with Gasteiger partial charge in [-0.25, -0.2) is 4.39 Å². The van der Waals surface area contributed by atoms with E-state index in [1.165, 1.54) is 12.3 Å². The van der Waals surface area contributed by atoms with E-state index in [9.17, 15) is 9.50 Å². The summed E-state index contributed by atoms with van der Waals surface area (Å²) in [5.41, 5.74) is -0.185. The van der Waals surface area contributed by atoms with Crippen LogP contribution in [0.4, 0.5) is 4.39 Å². The van der Waals surface area contributed by atoms with E-state index in [1.54, 1.807) is 0 Å². The first-order chi connectivity index (χ1) is 6.16. The van der Waals surface area contributed by atoms with Crippen molar-refractivity contribution in [2.75, 3.05) is 5.88 Å². The second-order valence-corrected chi connectivity index (χ2v) is 2.85. The van der Waals surface area contributed by atoms with Crippen LogP contribution in [0.25, 0.3) is 0 Å². The van der Waals surface area contributed by atoms with Gasteiger partial charge in [0.15, 0.2) is 0 Å². The highest BCUT2D eigenvalue weighted by Gasteiger charge is 2.21. The van der Waals surface area contributed by atoms with Crippen molar-refractivity contribution in [3.63, 3.8) is 0 Å². The lowest BCUT2D eigenvalue weighted by molar-refractivity contribution is 0.0275.